The fourth-order valence-electron chi connectivity index (χ4n) is 1.95. The molecule has 94 valence electrons. The highest BCUT2D eigenvalue weighted by Crippen LogP contribution is 2.30. The quantitative estimate of drug-likeness (QED) is 0.786. The third-order valence-corrected chi connectivity index (χ3v) is 3.49. The van der Waals surface area contributed by atoms with E-state index in [0.29, 0.717) is 5.82 Å². The Labute approximate surface area is 119 Å². The van der Waals surface area contributed by atoms with Crippen LogP contribution in [0.15, 0.2) is 47.2 Å². The molecule has 0 atom stereocenters. The average molecular weight is 315 g/mol. The summed E-state index contributed by atoms with van der Waals surface area (Å²) >= 11 is 3.54. The first kappa shape index (κ1) is 12.0. The van der Waals surface area contributed by atoms with E-state index in [-0.39, 0.29) is 0 Å². The summed E-state index contributed by atoms with van der Waals surface area (Å²) in [6, 6.07) is 9.75. The van der Waals surface area contributed by atoms with E-state index >= 15 is 0 Å². The minimum absolute atomic E-state index is 0.669. The van der Waals surface area contributed by atoms with Crippen molar-refractivity contribution < 1.29 is 0 Å². The van der Waals surface area contributed by atoms with Gasteiger partial charge in [0.15, 0.2) is 5.82 Å². The standard InChI is InChI=1S/C14H11BrN4/c1-16-14-12-10(15)5-2-6-11(12)18-13(19-14)9-4-3-7-17-8-9/h2-8H,1H3,(H,16,18,19). The number of aromatic nitrogens is 3. The van der Waals surface area contributed by atoms with Crippen LogP contribution in [0.5, 0.6) is 0 Å². The lowest BCUT2D eigenvalue weighted by atomic mass is 10.2. The normalized spacial score (nSPS) is 10.6. The molecule has 3 rings (SSSR count). The van der Waals surface area contributed by atoms with E-state index in [0.717, 1.165) is 26.8 Å². The zero-order valence-corrected chi connectivity index (χ0v) is 11.8. The van der Waals surface area contributed by atoms with E-state index < -0.39 is 0 Å². The minimum atomic E-state index is 0.669. The minimum Gasteiger partial charge on any atom is -0.372 e. The van der Waals surface area contributed by atoms with Crippen molar-refractivity contribution in [1.29, 1.82) is 0 Å². The maximum atomic E-state index is 4.59. The molecular formula is C14H11BrN4. The Balaban J connectivity index is 2.30. The van der Waals surface area contributed by atoms with Crippen LogP contribution in [-0.2, 0) is 0 Å². The highest BCUT2D eigenvalue weighted by Gasteiger charge is 2.10. The molecular weight excluding hydrogens is 304 g/mol. The number of nitrogens with one attached hydrogen (secondary N) is 1. The Morgan fingerprint density at radius 1 is 1.11 bits per heavy atom. The molecule has 0 aliphatic rings. The molecule has 2 aromatic heterocycles. The van der Waals surface area contributed by atoms with Crippen LogP contribution in [0.3, 0.4) is 0 Å². The number of hydrogen-bond acceptors (Lipinski definition) is 4. The van der Waals surface area contributed by atoms with Crippen LogP contribution in [0.4, 0.5) is 5.82 Å². The second-order valence-electron chi connectivity index (χ2n) is 4.02. The van der Waals surface area contributed by atoms with Crippen molar-refractivity contribution in [3.63, 3.8) is 0 Å². The summed E-state index contributed by atoms with van der Waals surface area (Å²) < 4.78 is 0.979. The molecule has 0 unspecified atom stereocenters. The second-order valence-corrected chi connectivity index (χ2v) is 4.88. The zero-order valence-electron chi connectivity index (χ0n) is 10.3. The molecule has 3 aromatic rings. The van der Waals surface area contributed by atoms with Crippen LogP contribution in [0.25, 0.3) is 22.3 Å². The number of benzene rings is 1. The Hall–Kier alpha value is -2.01. The van der Waals surface area contributed by atoms with Gasteiger partial charge in [-0.3, -0.25) is 4.98 Å². The van der Waals surface area contributed by atoms with Crippen molar-refractivity contribution in [3.8, 4) is 11.4 Å². The van der Waals surface area contributed by atoms with E-state index in [1.165, 1.54) is 0 Å². The maximum absolute atomic E-state index is 4.59. The fraction of sp³-hybridized carbons (Fsp3) is 0.0714. The lowest BCUT2D eigenvalue weighted by Crippen LogP contribution is -1.99. The van der Waals surface area contributed by atoms with E-state index in [2.05, 4.69) is 36.2 Å². The van der Waals surface area contributed by atoms with Gasteiger partial charge < -0.3 is 5.32 Å². The molecule has 0 aliphatic carbocycles. The molecule has 19 heavy (non-hydrogen) atoms. The topological polar surface area (TPSA) is 50.7 Å². The molecule has 0 fully saturated rings. The third kappa shape index (κ3) is 2.17. The molecule has 0 saturated carbocycles. The Bertz CT molecular complexity index is 728. The summed E-state index contributed by atoms with van der Waals surface area (Å²) in [4.78, 5) is 13.3. The van der Waals surface area contributed by atoms with Gasteiger partial charge in [-0.2, -0.15) is 0 Å². The average Bonchev–Trinajstić information content (AvgIpc) is 2.47. The summed E-state index contributed by atoms with van der Waals surface area (Å²) in [6.07, 6.45) is 3.50. The van der Waals surface area contributed by atoms with Crippen molar-refractivity contribution >= 4 is 32.7 Å². The first-order valence-corrected chi connectivity index (χ1v) is 6.63. The maximum Gasteiger partial charge on any atom is 0.163 e. The molecule has 1 N–H and O–H groups in total. The largest absolute Gasteiger partial charge is 0.372 e. The van der Waals surface area contributed by atoms with Crippen molar-refractivity contribution in [2.24, 2.45) is 0 Å². The fourth-order valence-corrected chi connectivity index (χ4v) is 2.49. The summed E-state index contributed by atoms with van der Waals surface area (Å²) in [7, 11) is 1.86. The number of fused-ring (bicyclic) bond motifs is 1. The number of anilines is 1. The van der Waals surface area contributed by atoms with Gasteiger partial charge in [-0.25, -0.2) is 9.97 Å². The van der Waals surface area contributed by atoms with Gasteiger partial charge in [0, 0.05) is 29.5 Å². The molecule has 0 radical (unpaired) electrons. The smallest absolute Gasteiger partial charge is 0.163 e. The Morgan fingerprint density at radius 2 is 2.00 bits per heavy atom. The number of halogens is 1. The van der Waals surface area contributed by atoms with Crippen LogP contribution >= 0.6 is 15.9 Å². The van der Waals surface area contributed by atoms with Crippen LogP contribution in [-0.4, -0.2) is 22.0 Å². The van der Waals surface area contributed by atoms with E-state index in [1.54, 1.807) is 12.4 Å². The summed E-state index contributed by atoms with van der Waals surface area (Å²) in [5, 5.41) is 4.10. The molecule has 0 saturated heterocycles. The lowest BCUT2D eigenvalue weighted by Gasteiger charge is -2.09. The zero-order chi connectivity index (χ0) is 13.2. The second kappa shape index (κ2) is 4.93. The first-order chi connectivity index (χ1) is 9.29. The van der Waals surface area contributed by atoms with E-state index in [9.17, 15) is 0 Å². The van der Waals surface area contributed by atoms with Gasteiger partial charge in [0.1, 0.15) is 5.82 Å². The van der Waals surface area contributed by atoms with Gasteiger partial charge in [-0.1, -0.05) is 6.07 Å². The molecule has 0 amide bonds. The van der Waals surface area contributed by atoms with Gasteiger partial charge in [0.25, 0.3) is 0 Å². The molecule has 0 spiro atoms. The van der Waals surface area contributed by atoms with Crippen molar-refractivity contribution in [2.75, 3.05) is 12.4 Å². The first-order valence-electron chi connectivity index (χ1n) is 5.84. The van der Waals surface area contributed by atoms with E-state index in [4.69, 9.17) is 0 Å². The van der Waals surface area contributed by atoms with Crippen LogP contribution in [0.2, 0.25) is 0 Å². The van der Waals surface area contributed by atoms with Crippen molar-refractivity contribution in [3.05, 3.63) is 47.2 Å². The highest BCUT2D eigenvalue weighted by molar-refractivity contribution is 9.10. The highest BCUT2D eigenvalue weighted by atomic mass is 79.9. The number of pyridine rings is 1. The third-order valence-electron chi connectivity index (χ3n) is 2.83. The van der Waals surface area contributed by atoms with Crippen LogP contribution < -0.4 is 5.32 Å². The molecule has 2 heterocycles. The van der Waals surface area contributed by atoms with Gasteiger partial charge in [0.05, 0.1) is 10.9 Å². The Kier molecular flexibility index (Phi) is 3.13. The lowest BCUT2D eigenvalue weighted by molar-refractivity contribution is 1.20. The monoisotopic (exact) mass is 314 g/mol. The summed E-state index contributed by atoms with van der Waals surface area (Å²) in [5.41, 5.74) is 1.80. The van der Waals surface area contributed by atoms with Crippen LogP contribution in [0, 0.1) is 0 Å². The van der Waals surface area contributed by atoms with E-state index in [1.807, 2.05) is 37.4 Å². The molecule has 1 aromatic carbocycles. The molecule has 0 bridgehead atoms. The number of hydrogen-bond donors (Lipinski definition) is 1. The number of nitrogens with zero attached hydrogens (tertiary/aromatic N) is 3. The predicted molar refractivity (Wildman–Crippen MR) is 80.0 cm³/mol. The van der Waals surface area contributed by atoms with Gasteiger partial charge in [-0.15, -0.1) is 0 Å². The molecule has 4 nitrogen and oxygen atoms in total. The number of rotatable bonds is 2. The molecule has 0 aliphatic heterocycles. The van der Waals surface area contributed by atoms with Crippen molar-refractivity contribution in [2.45, 2.75) is 0 Å². The van der Waals surface area contributed by atoms with Crippen molar-refractivity contribution in [1.82, 2.24) is 15.0 Å². The molecule has 5 heteroatoms. The SMILES string of the molecule is CNc1nc(-c2cccnc2)nc2cccc(Br)c12. The van der Waals surface area contributed by atoms with Crippen LogP contribution in [0.1, 0.15) is 0 Å². The summed E-state index contributed by atoms with van der Waals surface area (Å²) in [5.74, 6) is 1.47. The predicted octanol–water partition coefficient (Wildman–Crippen LogP) is 3.50. The van der Waals surface area contributed by atoms with Gasteiger partial charge in [0.2, 0.25) is 0 Å². The summed E-state index contributed by atoms with van der Waals surface area (Å²) in [6.45, 7) is 0. The Morgan fingerprint density at radius 3 is 2.74 bits per heavy atom. The van der Waals surface area contributed by atoms with Gasteiger partial charge >= 0.3 is 0 Å². The van der Waals surface area contributed by atoms with Gasteiger partial charge in [-0.05, 0) is 40.2 Å².